The van der Waals surface area contributed by atoms with Crippen molar-refractivity contribution in [2.24, 2.45) is 0 Å². The second-order valence-corrected chi connectivity index (χ2v) is 8.62. The molecule has 4 rings (SSSR count). The van der Waals surface area contributed by atoms with Gasteiger partial charge < -0.3 is 15.0 Å². The molecule has 0 aliphatic carbocycles. The number of hydrogen-bond donors (Lipinski definition) is 1. The number of pyridine rings is 1. The van der Waals surface area contributed by atoms with E-state index < -0.39 is 0 Å². The molecule has 1 fully saturated rings. The Morgan fingerprint density at radius 1 is 1.16 bits per heavy atom. The van der Waals surface area contributed by atoms with Gasteiger partial charge in [-0.05, 0) is 64.0 Å². The first kappa shape index (κ1) is 22.0. The third-order valence-electron chi connectivity index (χ3n) is 5.53. The number of nitrogens with zero attached hydrogens (tertiary/aromatic N) is 5. The number of rotatable bonds is 5. The van der Waals surface area contributed by atoms with Crippen molar-refractivity contribution in [3.63, 3.8) is 0 Å². The van der Waals surface area contributed by atoms with E-state index in [1.165, 1.54) is 4.90 Å². The zero-order valence-electron chi connectivity index (χ0n) is 19.1. The molecule has 1 unspecified atom stereocenters. The van der Waals surface area contributed by atoms with Gasteiger partial charge in [0.1, 0.15) is 6.10 Å². The minimum Gasteiger partial charge on any atom is -0.473 e. The molecule has 1 aliphatic rings. The van der Waals surface area contributed by atoms with Gasteiger partial charge >= 0.3 is 6.03 Å². The second-order valence-electron chi connectivity index (χ2n) is 8.62. The fourth-order valence-corrected chi connectivity index (χ4v) is 3.80. The third kappa shape index (κ3) is 5.13. The van der Waals surface area contributed by atoms with Gasteiger partial charge in [0, 0.05) is 37.5 Å². The number of anilines is 1. The van der Waals surface area contributed by atoms with Crippen molar-refractivity contribution >= 4 is 22.9 Å². The molecule has 168 valence electrons. The molecule has 0 radical (unpaired) electrons. The van der Waals surface area contributed by atoms with Gasteiger partial charge in [0.05, 0.1) is 17.2 Å². The molecular formula is C24H30N6O2. The van der Waals surface area contributed by atoms with Crippen LogP contribution in [0.3, 0.4) is 0 Å². The average molecular weight is 435 g/mol. The summed E-state index contributed by atoms with van der Waals surface area (Å²) in [5.41, 5.74) is 3.44. The number of carbonyl (C=O) groups is 1. The predicted octanol–water partition coefficient (Wildman–Crippen LogP) is 3.72. The summed E-state index contributed by atoms with van der Waals surface area (Å²) in [6, 6.07) is 9.65. The molecule has 1 saturated heterocycles. The summed E-state index contributed by atoms with van der Waals surface area (Å²) in [5.74, 6) is 1.14. The van der Waals surface area contributed by atoms with E-state index in [2.05, 4.69) is 32.2 Å². The number of carbonyl (C=O) groups excluding carboxylic acids is 1. The normalized spacial score (nSPS) is 16.8. The maximum atomic E-state index is 12.3. The summed E-state index contributed by atoms with van der Waals surface area (Å²) < 4.78 is 6.06. The standard InChI is InChI=1S/C24H30N6O2/c1-16(2)27-24(31)30(4)22-14-25-20-9-7-17(12-21(20)28-22)18-8-10-23(26-13-18)32-19-6-5-11-29(3)15-19/h7-10,12-14,16,19H,5-6,11,15H2,1-4H3,(H,27,31). The van der Waals surface area contributed by atoms with Gasteiger partial charge in [-0.3, -0.25) is 9.88 Å². The number of aromatic nitrogens is 3. The van der Waals surface area contributed by atoms with Gasteiger partial charge in [-0.1, -0.05) is 6.07 Å². The Morgan fingerprint density at radius 3 is 2.69 bits per heavy atom. The molecule has 3 heterocycles. The lowest BCUT2D eigenvalue weighted by Gasteiger charge is -2.29. The molecule has 8 heteroatoms. The minimum atomic E-state index is -0.214. The Hall–Kier alpha value is -3.26. The number of amides is 2. The zero-order chi connectivity index (χ0) is 22.7. The summed E-state index contributed by atoms with van der Waals surface area (Å²) in [4.78, 5) is 29.7. The first-order chi connectivity index (χ1) is 15.4. The van der Waals surface area contributed by atoms with E-state index in [0.29, 0.717) is 11.7 Å². The molecule has 1 aromatic carbocycles. The van der Waals surface area contributed by atoms with Crippen LogP contribution in [0.1, 0.15) is 26.7 Å². The highest BCUT2D eigenvalue weighted by Crippen LogP contribution is 2.25. The molecule has 8 nitrogen and oxygen atoms in total. The van der Waals surface area contributed by atoms with E-state index >= 15 is 0 Å². The lowest BCUT2D eigenvalue weighted by atomic mass is 10.1. The molecule has 0 spiro atoms. The number of likely N-dealkylation sites (tertiary alicyclic amines) is 1. The quantitative estimate of drug-likeness (QED) is 0.659. The second kappa shape index (κ2) is 9.48. The van der Waals surface area contributed by atoms with Crippen LogP contribution in [0.5, 0.6) is 5.88 Å². The number of ether oxygens (including phenoxy) is 1. The summed E-state index contributed by atoms with van der Waals surface area (Å²) in [6.07, 6.45) is 5.82. The number of piperidine rings is 1. The Morgan fingerprint density at radius 2 is 1.97 bits per heavy atom. The number of nitrogens with one attached hydrogen (secondary N) is 1. The highest BCUT2D eigenvalue weighted by molar-refractivity contribution is 5.91. The Bertz CT molecular complexity index is 1090. The molecule has 3 aromatic rings. The van der Waals surface area contributed by atoms with Crippen LogP contribution in [0.15, 0.2) is 42.7 Å². The van der Waals surface area contributed by atoms with E-state index in [1.807, 2.05) is 50.4 Å². The van der Waals surface area contributed by atoms with Gasteiger partial charge in [-0.25, -0.2) is 14.8 Å². The lowest BCUT2D eigenvalue weighted by Crippen LogP contribution is -2.41. The molecule has 0 bridgehead atoms. The van der Waals surface area contributed by atoms with E-state index in [-0.39, 0.29) is 18.2 Å². The number of fused-ring (bicyclic) bond motifs is 1. The van der Waals surface area contributed by atoms with E-state index in [9.17, 15) is 4.79 Å². The smallest absolute Gasteiger partial charge is 0.323 e. The van der Waals surface area contributed by atoms with Crippen molar-refractivity contribution in [2.75, 3.05) is 32.1 Å². The van der Waals surface area contributed by atoms with Gasteiger partial charge in [0.15, 0.2) is 5.82 Å². The molecule has 1 aliphatic heterocycles. The summed E-state index contributed by atoms with van der Waals surface area (Å²) >= 11 is 0. The fourth-order valence-electron chi connectivity index (χ4n) is 3.80. The first-order valence-corrected chi connectivity index (χ1v) is 11.0. The van der Waals surface area contributed by atoms with E-state index in [0.717, 1.165) is 48.1 Å². The molecule has 1 N–H and O–H groups in total. The van der Waals surface area contributed by atoms with Crippen LogP contribution >= 0.6 is 0 Å². The molecule has 1 atom stereocenters. The van der Waals surface area contributed by atoms with Crippen molar-refractivity contribution in [3.05, 3.63) is 42.7 Å². The number of likely N-dealkylation sites (N-methyl/N-ethyl adjacent to an activating group) is 1. The maximum absolute atomic E-state index is 12.3. The van der Waals surface area contributed by atoms with E-state index in [1.54, 1.807) is 13.2 Å². The Kier molecular flexibility index (Phi) is 6.50. The lowest BCUT2D eigenvalue weighted by molar-refractivity contribution is 0.100. The van der Waals surface area contributed by atoms with Crippen molar-refractivity contribution in [1.82, 2.24) is 25.2 Å². The van der Waals surface area contributed by atoms with Crippen LogP contribution in [-0.2, 0) is 0 Å². The summed E-state index contributed by atoms with van der Waals surface area (Å²) in [5, 5.41) is 2.86. The van der Waals surface area contributed by atoms with Crippen molar-refractivity contribution in [2.45, 2.75) is 38.8 Å². The van der Waals surface area contributed by atoms with Gasteiger partial charge in [-0.2, -0.15) is 0 Å². The Balaban J connectivity index is 1.52. The molecular weight excluding hydrogens is 404 g/mol. The van der Waals surface area contributed by atoms with E-state index in [4.69, 9.17) is 4.74 Å². The first-order valence-electron chi connectivity index (χ1n) is 11.0. The molecule has 2 amide bonds. The maximum Gasteiger partial charge on any atom is 0.323 e. The highest BCUT2D eigenvalue weighted by Gasteiger charge is 2.19. The summed E-state index contributed by atoms with van der Waals surface area (Å²) in [7, 11) is 3.80. The monoisotopic (exact) mass is 434 g/mol. The third-order valence-corrected chi connectivity index (χ3v) is 5.53. The zero-order valence-corrected chi connectivity index (χ0v) is 19.1. The van der Waals surface area contributed by atoms with Gasteiger partial charge in [0.2, 0.25) is 5.88 Å². The largest absolute Gasteiger partial charge is 0.473 e. The predicted molar refractivity (Wildman–Crippen MR) is 126 cm³/mol. The number of hydrogen-bond acceptors (Lipinski definition) is 6. The van der Waals surface area contributed by atoms with Crippen molar-refractivity contribution in [3.8, 4) is 17.0 Å². The van der Waals surface area contributed by atoms with Crippen LogP contribution in [-0.4, -0.2) is 65.2 Å². The van der Waals surface area contributed by atoms with Crippen LogP contribution < -0.4 is 15.0 Å². The van der Waals surface area contributed by atoms with Crippen LogP contribution in [0.25, 0.3) is 22.2 Å². The number of urea groups is 1. The van der Waals surface area contributed by atoms with Crippen LogP contribution in [0, 0.1) is 0 Å². The SMILES string of the molecule is CC(C)NC(=O)N(C)c1cnc2ccc(-c3ccc(OC4CCCN(C)C4)nc3)cc2n1. The molecule has 2 aromatic heterocycles. The van der Waals surface area contributed by atoms with Crippen LogP contribution in [0.4, 0.5) is 10.6 Å². The topological polar surface area (TPSA) is 83.5 Å². The van der Waals surface area contributed by atoms with Gasteiger partial charge in [-0.15, -0.1) is 0 Å². The highest BCUT2D eigenvalue weighted by atomic mass is 16.5. The van der Waals surface area contributed by atoms with Gasteiger partial charge in [0.25, 0.3) is 0 Å². The van der Waals surface area contributed by atoms with Crippen molar-refractivity contribution < 1.29 is 9.53 Å². The number of benzene rings is 1. The summed E-state index contributed by atoms with van der Waals surface area (Å²) in [6.45, 7) is 5.89. The minimum absolute atomic E-state index is 0.0449. The molecule has 32 heavy (non-hydrogen) atoms. The van der Waals surface area contributed by atoms with Crippen LogP contribution in [0.2, 0.25) is 0 Å². The molecule has 0 saturated carbocycles. The average Bonchev–Trinajstić information content (AvgIpc) is 2.78. The fraction of sp³-hybridized carbons (Fsp3) is 0.417. The Labute approximate surface area is 188 Å². The van der Waals surface area contributed by atoms with Crippen molar-refractivity contribution in [1.29, 1.82) is 0 Å².